The second-order valence-electron chi connectivity index (χ2n) is 17.2. The smallest absolute Gasteiger partial charge is 0.262 e. The number of hydrogen-bond acceptors (Lipinski definition) is 10. The summed E-state index contributed by atoms with van der Waals surface area (Å²) in [6, 6.07) is 34.5. The summed E-state index contributed by atoms with van der Waals surface area (Å²) in [7, 11) is -0.585. The summed E-state index contributed by atoms with van der Waals surface area (Å²) in [6.45, 7) is 2.99. The Morgan fingerprint density at radius 1 is 0.493 bits per heavy atom. The molecular formula is C56H46Cl3FN4O10S. The molecule has 0 aliphatic heterocycles. The van der Waals surface area contributed by atoms with Gasteiger partial charge in [0.05, 0.1) is 43.4 Å². The average Bonchev–Trinajstić information content (AvgIpc) is 4.03. The quantitative estimate of drug-likeness (QED) is 0.124. The first-order chi connectivity index (χ1) is 35.6. The summed E-state index contributed by atoms with van der Waals surface area (Å²) in [6.07, 6.45) is 5.97. The van der Waals surface area contributed by atoms with Crippen LogP contribution in [0.4, 0.5) is 4.39 Å². The van der Waals surface area contributed by atoms with Crippen molar-refractivity contribution in [3.05, 3.63) is 200 Å². The second-order valence-corrected chi connectivity index (χ2v) is 20.2. The summed E-state index contributed by atoms with van der Waals surface area (Å²) in [5.74, 6) is -0.602. The van der Waals surface area contributed by atoms with E-state index in [1.807, 2.05) is 16.9 Å². The molecule has 0 spiro atoms. The number of rotatable bonds is 12. The number of carbonyl (C=O) groups excluding carboxylic acids is 6. The van der Waals surface area contributed by atoms with Gasteiger partial charge >= 0.3 is 0 Å². The van der Waals surface area contributed by atoms with Crippen LogP contribution in [0.2, 0.25) is 15.1 Å². The van der Waals surface area contributed by atoms with E-state index in [9.17, 15) is 41.6 Å². The van der Waals surface area contributed by atoms with Crippen molar-refractivity contribution in [1.82, 2.24) is 18.4 Å². The number of methoxy groups -OCH3 is 2. The lowest BCUT2D eigenvalue weighted by molar-refractivity contribution is -0.119. The highest BCUT2D eigenvalue weighted by atomic mass is 35.5. The highest BCUT2D eigenvalue weighted by molar-refractivity contribution is 7.89. The Bertz CT molecular complexity index is 3790. The Hall–Kier alpha value is -7.89. The standard InChI is InChI=1S/C19H17ClN2O5S.C19H16ClNO3.C18H13ClFNO2/c1-27-15-7-8-17-16(10-15)13(9-18(23)21-28(2,25)26)11-22(17)19(24)12-3-5-14(20)6-4-12;1-12(22)9-14-11-21(18-8-7-16(24-2)10-17(14)18)19(23)13-3-5-15(20)6-4-13;1-11(22)8-13-10-21(17-7-6-15(20)9-16(13)17)18(23)12-2-4-14(19)5-3-12/h3-8,10-11H,9H2,1-2H3,(H,21,23);3-8,10-11H,9H2,1-2H3;2-7,9-10H,8H2,1H3. The van der Waals surface area contributed by atoms with Crippen LogP contribution in [0.25, 0.3) is 32.7 Å². The first-order valence-electron chi connectivity index (χ1n) is 22.7. The zero-order chi connectivity index (χ0) is 54.3. The van der Waals surface area contributed by atoms with Gasteiger partial charge in [0.15, 0.2) is 0 Å². The number of fused-ring (bicyclic) bond motifs is 3. The van der Waals surface area contributed by atoms with Gasteiger partial charge in [0, 0.05) is 79.3 Å². The van der Waals surface area contributed by atoms with Crippen molar-refractivity contribution in [3.63, 3.8) is 0 Å². The number of halogens is 4. The Balaban J connectivity index is 0.000000165. The molecule has 9 rings (SSSR count). The van der Waals surface area contributed by atoms with Gasteiger partial charge < -0.3 is 9.47 Å². The molecule has 9 aromatic rings. The van der Waals surface area contributed by atoms with Crippen LogP contribution in [-0.2, 0) is 43.7 Å². The van der Waals surface area contributed by atoms with Gasteiger partial charge in [0.25, 0.3) is 17.7 Å². The van der Waals surface area contributed by atoms with E-state index in [1.165, 1.54) is 48.4 Å². The average molecular weight is 1090 g/mol. The van der Waals surface area contributed by atoms with Crippen LogP contribution in [0.3, 0.4) is 0 Å². The molecule has 0 unspecified atom stereocenters. The van der Waals surface area contributed by atoms with Gasteiger partial charge in [0.2, 0.25) is 15.9 Å². The highest BCUT2D eigenvalue weighted by Gasteiger charge is 2.21. The third-order valence-corrected chi connectivity index (χ3v) is 12.9. The fraction of sp³-hybridized carbons (Fsp3) is 0.143. The summed E-state index contributed by atoms with van der Waals surface area (Å²) >= 11 is 17.6. The zero-order valence-electron chi connectivity index (χ0n) is 40.8. The van der Waals surface area contributed by atoms with E-state index < -0.39 is 21.7 Å². The molecule has 0 aliphatic rings. The molecule has 19 heteroatoms. The van der Waals surface area contributed by atoms with Crippen molar-refractivity contribution in [2.75, 3.05) is 20.5 Å². The molecule has 0 fully saturated rings. The third kappa shape index (κ3) is 13.5. The van der Waals surface area contributed by atoms with Crippen LogP contribution >= 0.6 is 34.8 Å². The minimum Gasteiger partial charge on any atom is -0.497 e. The zero-order valence-corrected chi connectivity index (χ0v) is 43.9. The predicted octanol–water partition coefficient (Wildman–Crippen LogP) is 11.0. The van der Waals surface area contributed by atoms with E-state index in [1.54, 1.807) is 127 Å². The SMILES string of the molecule is CC(=O)Cc1cn(C(=O)c2ccc(Cl)cc2)c2ccc(F)cc12.COc1ccc2c(c1)c(CC(=O)NS(C)(=O)=O)cn2C(=O)c1ccc(Cl)cc1.COc1ccc2c(c1)c(CC(C)=O)cn2C(=O)c1ccc(Cl)cc1. The van der Waals surface area contributed by atoms with Gasteiger partial charge in [-0.1, -0.05) is 34.8 Å². The van der Waals surface area contributed by atoms with Crippen LogP contribution in [0.15, 0.2) is 146 Å². The molecule has 3 aromatic heterocycles. The number of nitrogens with one attached hydrogen (secondary N) is 1. The fourth-order valence-corrected chi connectivity index (χ4v) is 9.02. The molecular weight excluding hydrogens is 1050 g/mol. The molecule has 0 bridgehead atoms. The number of benzene rings is 6. The molecule has 0 radical (unpaired) electrons. The number of carbonyl (C=O) groups is 6. The van der Waals surface area contributed by atoms with Crippen molar-refractivity contribution >= 4 is 113 Å². The molecule has 0 saturated carbocycles. The maximum atomic E-state index is 13.5. The second kappa shape index (κ2) is 23.5. The summed E-state index contributed by atoms with van der Waals surface area (Å²) < 4.78 is 53.0. The van der Waals surface area contributed by atoms with Crippen molar-refractivity contribution in [3.8, 4) is 11.5 Å². The predicted molar refractivity (Wildman–Crippen MR) is 288 cm³/mol. The molecule has 0 aliphatic carbocycles. The van der Waals surface area contributed by atoms with Crippen molar-refractivity contribution in [2.24, 2.45) is 0 Å². The first kappa shape index (κ1) is 54.9. The highest BCUT2D eigenvalue weighted by Crippen LogP contribution is 2.30. The largest absolute Gasteiger partial charge is 0.497 e. The number of sulfonamides is 1. The lowest BCUT2D eigenvalue weighted by Gasteiger charge is -2.05. The van der Waals surface area contributed by atoms with Crippen LogP contribution < -0.4 is 14.2 Å². The Labute approximate surface area is 445 Å². The lowest BCUT2D eigenvalue weighted by Crippen LogP contribution is -2.30. The molecule has 384 valence electrons. The van der Waals surface area contributed by atoms with Crippen molar-refractivity contribution < 1.29 is 51.0 Å². The first-order valence-corrected chi connectivity index (χ1v) is 25.7. The van der Waals surface area contributed by atoms with Gasteiger partial charge in [-0.05, 0) is 158 Å². The maximum absolute atomic E-state index is 13.5. The van der Waals surface area contributed by atoms with Gasteiger partial charge in [0.1, 0.15) is 28.9 Å². The molecule has 1 amide bonds. The minimum atomic E-state index is -3.68. The normalized spacial score (nSPS) is 11.1. The van der Waals surface area contributed by atoms with E-state index in [0.29, 0.717) is 76.2 Å². The van der Waals surface area contributed by atoms with Crippen molar-refractivity contribution in [1.29, 1.82) is 0 Å². The topological polar surface area (TPSA) is 182 Å². The summed E-state index contributed by atoms with van der Waals surface area (Å²) in [4.78, 5) is 73.5. The number of amides is 1. The molecule has 0 atom stereocenters. The Morgan fingerprint density at radius 2 is 0.813 bits per heavy atom. The summed E-state index contributed by atoms with van der Waals surface area (Å²) in [5, 5.41) is 3.65. The van der Waals surface area contributed by atoms with Gasteiger partial charge in [-0.15, -0.1) is 0 Å². The van der Waals surface area contributed by atoms with E-state index in [0.717, 1.165) is 22.7 Å². The van der Waals surface area contributed by atoms with E-state index in [-0.39, 0.29) is 48.6 Å². The van der Waals surface area contributed by atoms with Gasteiger partial charge in [-0.3, -0.25) is 47.2 Å². The molecule has 6 aromatic carbocycles. The number of ketones is 2. The molecule has 75 heavy (non-hydrogen) atoms. The number of aromatic nitrogens is 3. The Morgan fingerprint density at radius 3 is 1.13 bits per heavy atom. The lowest BCUT2D eigenvalue weighted by atomic mass is 10.1. The van der Waals surface area contributed by atoms with Crippen molar-refractivity contribution in [2.45, 2.75) is 33.1 Å². The molecule has 14 nitrogen and oxygen atoms in total. The molecule has 1 N–H and O–H groups in total. The number of hydrogen-bond donors (Lipinski definition) is 1. The molecule has 0 saturated heterocycles. The van der Waals surface area contributed by atoms with Crippen LogP contribution in [0.5, 0.6) is 11.5 Å². The van der Waals surface area contributed by atoms with E-state index in [4.69, 9.17) is 44.3 Å². The number of nitrogens with zero attached hydrogens (tertiary/aromatic N) is 3. The van der Waals surface area contributed by atoms with Crippen LogP contribution in [-0.4, -0.2) is 77.8 Å². The van der Waals surface area contributed by atoms with E-state index in [2.05, 4.69) is 0 Å². The Kier molecular flexibility index (Phi) is 17.2. The fourth-order valence-electron chi connectivity index (χ4n) is 8.15. The number of Topliss-reactive ketones (excluding diaryl/α,β-unsaturated/α-hetero) is 2. The van der Waals surface area contributed by atoms with Crippen LogP contribution in [0, 0.1) is 5.82 Å². The summed E-state index contributed by atoms with van der Waals surface area (Å²) in [5.41, 5.74) is 5.23. The monoisotopic (exact) mass is 1090 g/mol. The van der Waals surface area contributed by atoms with Crippen LogP contribution in [0.1, 0.15) is 61.6 Å². The van der Waals surface area contributed by atoms with Gasteiger partial charge in [-0.25, -0.2) is 12.8 Å². The number of ether oxygens (including phenoxy) is 2. The minimum absolute atomic E-state index is 0.0378. The third-order valence-electron chi connectivity index (χ3n) is 11.5. The van der Waals surface area contributed by atoms with Gasteiger partial charge in [-0.2, -0.15) is 0 Å². The molecule has 3 heterocycles. The van der Waals surface area contributed by atoms with E-state index >= 15 is 0 Å². The maximum Gasteiger partial charge on any atom is 0.262 e.